The molecule has 5 nitrogen and oxygen atoms in total. The highest BCUT2D eigenvalue weighted by molar-refractivity contribution is 5.49. The first-order chi connectivity index (χ1) is 9.12. The number of aliphatic hydroxyl groups is 1. The number of rotatable bonds is 6. The molecule has 0 unspecified atom stereocenters. The van der Waals surface area contributed by atoms with Gasteiger partial charge in [-0.15, -0.1) is 0 Å². The molecule has 2 rings (SSSR count). The molecular weight excluding hydrogens is 240 g/mol. The van der Waals surface area contributed by atoms with Crippen molar-refractivity contribution < 1.29 is 5.11 Å². The predicted molar refractivity (Wildman–Crippen MR) is 77.6 cm³/mol. The van der Waals surface area contributed by atoms with Crippen molar-refractivity contribution in [3.05, 3.63) is 11.9 Å². The molecule has 0 spiro atoms. The van der Waals surface area contributed by atoms with Gasteiger partial charge in [0.15, 0.2) is 0 Å². The Morgan fingerprint density at radius 3 is 2.68 bits per heavy atom. The Morgan fingerprint density at radius 2 is 2.11 bits per heavy atom. The molecule has 0 bridgehead atoms. The molecule has 106 valence electrons. The largest absolute Gasteiger partial charge is 0.393 e. The van der Waals surface area contributed by atoms with Gasteiger partial charge in [-0.3, -0.25) is 0 Å². The van der Waals surface area contributed by atoms with Gasteiger partial charge >= 0.3 is 0 Å². The summed E-state index contributed by atoms with van der Waals surface area (Å²) in [5.74, 6) is 3.31. The number of anilines is 2. The van der Waals surface area contributed by atoms with Crippen LogP contribution in [0.15, 0.2) is 6.07 Å². The molecular formula is C14H24N4O. The van der Waals surface area contributed by atoms with Gasteiger partial charge in [0.2, 0.25) is 0 Å². The maximum absolute atomic E-state index is 9.34. The number of aliphatic hydroxyl groups excluding tert-OH is 1. The zero-order valence-corrected chi connectivity index (χ0v) is 12.1. The monoisotopic (exact) mass is 264 g/mol. The van der Waals surface area contributed by atoms with Gasteiger partial charge in [-0.2, -0.15) is 0 Å². The van der Waals surface area contributed by atoms with Crippen molar-refractivity contribution in [3.8, 4) is 0 Å². The summed E-state index contributed by atoms with van der Waals surface area (Å²) in [6.07, 6.45) is 2.57. The van der Waals surface area contributed by atoms with Crippen molar-refractivity contribution in [1.29, 1.82) is 0 Å². The van der Waals surface area contributed by atoms with Crippen LogP contribution in [0.25, 0.3) is 0 Å². The maximum Gasteiger partial charge on any atom is 0.134 e. The summed E-state index contributed by atoms with van der Waals surface area (Å²) < 4.78 is 0. The molecule has 1 fully saturated rings. The molecule has 1 aliphatic carbocycles. The maximum atomic E-state index is 9.34. The first-order valence-electron chi connectivity index (χ1n) is 7.13. The molecule has 1 aliphatic rings. The Kier molecular flexibility index (Phi) is 4.58. The number of aromatic nitrogens is 2. The summed E-state index contributed by atoms with van der Waals surface area (Å²) in [4.78, 5) is 11.2. The summed E-state index contributed by atoms with van der Waals surface area (Å²) in [6, 6.07) is 2.00. The molecule has 0 atom stereocenters. The third-order valence-corrected chi connectivity index (χ3v) is 3.57. The van der Waals surface area contributed by atoms with E-state index < -0.39 is 0 Å². The molecule has 0 aromatic carbocycles. The summed E-state index contributed by atoms with van der Waals surface area (Å²) in [5.41, 5.74) is 0. The smallest absolute Gasteiger partial charge is 0.134 e. The van der Waals surface area contributed by atoms with E-state index in [2.05, 4.69) is 41.1 Å². The highest BCUT2D eigenvalue weighted by atomic mass is 16.3. The Hall–Kier alpha value is -1.36. The SMILES string of the molecule is CCNc1cc(N(C)CC2CC(O)C2)nc(CC)n1. The summed E-state index contributed by atoms with van der Waals surface area (Å²) >= 11 is 0. The first kappa shape index (κ1) is 14.1. The average Bonchev–Trinajstić information content (AvgIpc) is 2.36. The summed E-state index contributed by atoms with van der Waals surface area (Å²) in [5, 5.41) is 12.6. The third-order valence-electron chi connectivity index (χ3n) is 3.57. The molecule has 5 heteroatoms. The topological polar surface area (TPSA) is 61.3 Å². The van der Waals surface area contributed by atoms with Crippen molar-refractivity contribution in [3.63, 3.8) is 0 Å². The van der Waals surface area contributed by atoms with Gasteiger partial charge in [0, 0.05) is 32.6 Å². The summed E-state index contributed by atoms with van der Waals surface area (Å²) in [6.45, 7) is 5.94. The summed E-state index contributed by atoms with van der Waals surface area (Å²) in [7, 11) is 2.06. The fraction of sp³-hybridized carbons (Fsp3) is 0.714. The number of aryl methyl sites for hydroxylation is 1. The second kappa shape index (κ2) is 6.19. The van der Waals surface area contributed by atoms with Crippen LogP contribution in [0.3, 0.4) is 0 Å². The van der Waals surface area contributed by atoms with E-state index in [0.717, 1.165) is 49.8 Å². The fourth-order valence-corrected chi connectivity index (χ4v) is 2.44. The molecule has 19 heavy (non-hydrogen) atoms. The molecule has 1 aromatic rings. The minimum Gasteiger partial charge on any atom is -0.393 e. The lowest BCUT2D eigenvalue weighted by molar-refractivity contribution is 0.0464. The Morgan fingerprint density at radius 1 is 1.37 bits per heavy atom. The van der Waals surface area contributed by atoms with Crippen LogP contribution < -0.4 is 10.2 Å². The Balaban J connectivity index is 2.06. The van der Waals surface area contributed by atoms with E-state index >= 15 is 0 Å². The van der Waals surface area contributed by atoms with Crippen molar-refractivity contribution in [2.45, 2.75) is 39.2 Å². The van der Waals surface area contributed by atoms with E-state index in [9.17, 15) is 5.11 Å². The second-order valence-electron chi connectivity index (χ2n) is 5.28. The number of hydrogen-bond acceptors (Lipinski definition) is 5. The van der Waals surface area contributed by atoms with Crippen LogP contribution in [0, 0.1) is 5.92 Å². The number of hydrogen-bond donors (Lipinski definition) is 2. The Labute approximate surface area is 115 Å². The van der Waals surface area contributed by atoms with E-state index in [1.807, 2.05) is 6.07 Å². The lowest BCUT2D eigenvalue weighted by atomic mass is 9.82. The molecule has 1 heterocycles. The van der Waals surface area contributed by atoms with Crippen LogP contribution in [0.5, 0.6) is 0 Å². The molecule has 2 N–H and O–H groups in total. The van der Waals surface area contributed by atoms with E-state index in [-0.39, 0.29) is 6.10 Å². The van der Waals surface area contributed by atoms with Gasteiger partial charge in [0.05, 0.1) is 6.10 Å². The van der Waals surface area contributed by atoms with Gasteiger partial charge in [0.25, 0.3) is 0 Å². The van der Waals surface area contributed by atoms with E-state index in [0.29, 0.717) is 5.92 Å². The van der Waals surface area contributed by atoms with Gasteiger partial charge in [-0.1, -0.05) is 6.92 Å². The van der Waals surface area contributed by atoms with Crippen LogP contribution in [0.2, 0.25) is 0 Å². The lowest BCUT2D eigenvalue weighted by Gasteiger charge is -2.34. The minimum absolute atomic E-state index is 0.0904. The van der Waals surface area contributed by atoms with E-state index in [1.54, 1.807) is 0 Å². The van der Waals surface area contributed by atoms with Crippen LogP contribution >= 0.6 is 0 Å². The fourth-order valence-electron chi connectivity index (χ4n) is 2.44. The van der Waals surface area contributed by atoms with Crippen LogP contribution in [0.1, 0.15) is 32.5 Å². The highest BCUT2D eigenvalue weighted by Crippen LogP contribution is 2.29. The predicted octanol–water partition coefficient (Wildman–Crippen LogP) is 1.68. The van der Waals surface area contributed by atoms with E-state index in [4.69, 9.17) is 0 Å². The zero-order chi connectivity index (χ0) is 13.8. The lowest BCUT2D eigenvalue weighted by Crippen LogP contribution is -2.37. The van der Waals surface area contributed by atoms with Gasteiger partial charge in [0.1, 0.15) is 17.5 Å². The van der Waals surface area contributed by atoms with Crippen molar-refractivity contribution >= 4 is 11.6 Å². The quantitative estimate of drug-likeness (QED) is 0.818. The van der Waals surface area contributed by atoms with Crippen LogP contribution in [-0.4, -0.2) is 41.3 Å². The average molecular weight is 264 g/mol. The van der Waals surface area contributed by atoms with Gasteiger partial charge < -0.3 is 15.3 Å². The highest BCUT2D eigenvalue weighted by Gasteiger charge is 2.28. The molecule has 0 amide bonds. The minimum atomic E-state index is -0.0904. The van der Waals surface area contributed by atoms with Crippen molar-refractivity contribution in [2.24, 2.45) is 5.92 Å². The molecule has 0 radical (unpaired) electrons. The van der Waals surface area contributed by atoms with Crippen molar-refractivity contribution in [2.75, 3.05) is 30.4 Å². The number of nitrogens with one attached hydrogen (secondary N) is 1. The normalized spacial score (nSPS) is 21.9. The Bertz CT molecular complexity index is 418. The van der Waals surface area contributed by atoms with Crippen LogP contribution in [0.4, 0.5) is 11.6 Å². The molecule has 0 aliphatic heterocycles. The van der Waals surface area contributed by atoms with Crippen molar-refractivity contribution in [1.82, 2.24) is 9.97 Å². The third kappa shape index (κ3) is 3.56. The van der Waals surface area contributed by atoms with E-state index in [1.165, 1.54) is 0 Å². The molecule has 1 aromatic heterocycles. The number of nitrogens with zero attached hydrogens (tertiary/aromatic N) is 3. The second-order valence-corrected chi connectivity index (χ2v) is 5.28. The van der Waals surface area contributed by atoms with Gasteiger partial charge in [-0.25, -0.2) is 9.97 Å². The van der Waals surface area contributed by atoms with Gasteiger partial charge in [-0.05, 0) is 25.7 Å². The zero-order valence-electron chi connectivity index (χ0n) is 12.1. The molecule has 0 saturated heterocycles. The van der Waals surface area contributed by atoms with Crippen LogP contribution in [-0.2, 0) is 6.42 Å². The first-order valence-corrected chi connectivity index (χ1v) is 7.13. The molecule has 1 saturated carbocycles. The standard InChI is InChI=1S/C14H24N4O/c1-4-12-16-13(15-5-2)8-14(17-12)18(3)9-10-6-11(19)7-10/h8,10-11,19H,4-7,9H2,1-3H3,(H,15,16,17).